The van der Waals surface area contributed by atoms with Gasteiger partial charge in [-0.25, -0.2) is 0 Å². The van der Waals surface area contributed by atoms with Gasteiger partial charge in [-0.15, -0.1) is 0 Å². The fourth-order valence-corrected chi connectivity index (χ4v) is 21.5. The van der Waals surface area contributed by atoms with E-state index >= 15 is 0 Å². The number of amides is 4. The third-order valence-electron chi connectivity index (χ3n) is 27.0. The van der Waals surface area contributed by atoms with Gasteiger partial charge in [-0.1, -0.05) is 134 Å². The molecule has 23 heteroatoms. The van der Waals surface area contributed by atoms with E-state index in [-0.39, 0.29) is 49.3 Å². The van der Waals surface area contributed by atoms with Crippen LogP contribution in [-0.2, 0) is 74.0 Å². The van der Waals surface area contributed by atoms with Crippen LogP contribution < -0.4 is 24.8 Å². The number of nitrogen functional groups attached to an aromatic ring is 1. The van der Waals surface area contributed by atoms with Gasteiger partial charge < -0.3 is 58.1 Å². The lowest BCUT2D eigenvalue weighted by Crippen LogP contribution is -2.47. The standard InChI is InChI=1S/C37H48N4O3.C31H38N2O2.C23H26N2O.C7H12BrNO.3CO2/c1-27-16-17-29-32(24-27)41-22-23-44-37-30(36(41)35(29)28-12-5-2-6-13-28)14-11-15-31(37)40(25-33(42)38-18-7-3-8-19-38)26-34(43)39-20-9-4-10-21-39;1-22-13-15-25-27(21-22)33-19-20-35-31-24(14-16-28(34)32-17-6-3-7-18-32)11-8-12-26(31)30(33)29(25)23-9-4-2-5-10-23;1-15-10-11-17-20(14-15)25-12-13-26-23-18(8-5-9-19(23)24)22(25)21(17)16-6-3-2-4-7-16;8-6-7(10)9-4-2-1-3-5-9;3*2-1-3/h11,14-17,24,28H,2-10,12-13,18-23,25-26H2,1H3;8,11-13,15,21,23H,2-7,9-10,14,16-20H2,1H3;5,8-11,14,16H,2-4,6-7,12-13,24H2,1H3;1-6H2;;;. The number of nitrogens with zero attached hydrogens (tertiary/aromatic N) is 8. The van der Waals surface area contributed by atoms with Crippen LogP contribution in [0.1, 0.15) is 236 Å². The third-order valence-corrected chi connectivity index (χ3v) is 27.4. The van der Waals surface area contributed by atoms with E-state index in [9.17, 15) is 19.2 Å². The van der Waals surface area contributed by atoms with Crippen LogP contribution in [0.4, 0.5) is 11.4 Å². The van der Waals surface area contributed by atoms with Gasteiger partial charge in [-0.3, -0.25) is 19.2 Å². The second-order valence-electron chi connectivity index (χ2n) is 35.0. The third kappa shape index (κ3) is 21.5. The summed E-state index contributed by atoms with van der Waals surface area (Å²) in [5.41, 5.74) is 28.9. The van der Waals surface area contributed by atoms with E-state index in [2.05, 4.69) is 158 Å². The number of aromatic nitrogens is 3. The lowest BCUT2D eigenvalue weighted by Gasteiger charge is -2.34. The number of hydrogen-bond acceptors (Lipinski definition) is 15. The second kappa shape index (κ2) is 44.9. The highest BCUT2D eigenvalue weighted by molar-refractivity contribution is 9.09. The van der Waals surface area contributed by atoms with E-state index in [4.69, 9.17) is 48.7 Å². The summed E-state index contributed by atoms with van der Waals surface area (Å²) < 4.78 is 26.7. The van der Waals surface area contributed by atoms with Gasteiger partial charge in [0, 0.05) is 108 Å². The zero-order valence-corrected chi connectivity index (χ0v) is 74.6. The lowest BCUT2D eigenvalue weighted by molar-refractivity contribution is -0.193. The topological polar surface area (TPSA) is 255 Å². The van der Waals surface area contributed by atoms with Crippen molar-refractivity contribution in [2.45, 2.75) is 244 Å². The highest BCUT2D eigenvalue weighted by atomic mass is 79.9. The molecular weight excluding hydrogens is 1630 g/mol. The van der Waals surface area contributed by atoms with Gasteiger partial charge in [0.25, 0.3) is 0 Å². The number of carbonyl (C=O) groups excluding carboxylic acids is 10. The van der Waals surface area contributed by atoms with E-state index in [1.165, 1.54) is 229 Å². The molecule has 0 spiro atoms. The van der Waals surface area contributed by atoms with Gasteiger partial charge >= 0.3 is 18.5 Å². The molecule has 0 atom stereocenters. The Balaban J connectivity index is 0.000000147. The maximum absolute atomic E-state index is 13.7. The molecular formula is C101H124BrN9O13. The minimum atomic E-state index is 0.106. The Hall–Kier alpha value is -10.6. The van der Waals surface area contributed by atoms with Crippen LogP contribution in [0.5, 0.6) is 17.2 Å². The molecule has 4 amide bonds. The molecule has 0 bridgehead atoms. The van der Waals surface area contributed by atoms with Crippen LogP contribution >= 0.6 is 15.9 Å². The normalized spacial score (nSPS) is 17.5. The lowest BCUT2D eigenvalue weighted by atomic mass is 9.81. The van der Waals surface area contributed by atoms with Crippen LogP contribution in [0.25, 0.3) is 66.5 Å². The molecule has 2 N–H and O–H groups in total. The fraction of sp³-hybridized carbons (Fsp3) is 0.515. The summed E-state index contributed by atoms with van der Waals surface area (Å²) >= 11 is 3.16. The Labute approximate surface area is 737 Å². The van der Waals surface area contributed by atoms with E-state index < -0.39 is 0 Å². The van der Waals surface area contributed by atoms with Crippen molar-refractivity contribution in [3.8, 4) is 51.0 Å². The van der Waals surface area contributed by atoms with Gasteiger partial charge in [0.2, 0.25) is 23.6 Å². The number of likely N-dealkylation sites (tertiary alicyclic amines) is 4. The molecule has 0 unspecified atom stereocenters. The predicted octanol–water partition coefficient (Wildman–Crippen LogP) is 19.2. The SMILES string of the molecule is Cc1ccc2c(C3CCCCC3)c3n(c2c1)CCOc1c(CCC(=O)N2CCCCC2)cccc1-3.Cc1ccc2c(C3CCCCC3)c3n(c2c1)CCOc1c(N)cccc1-3.Cc1ccc2c(C3CCCCC3)c3n(c2c1)CCOc1c-3cccc1N(CC(=O)N1CCCCC1)CC(=O)N1CCCCC1.O=C(CBr)N1CCCCC1.O=C=O.O=C=O.O=C=O. The number of benzene rings is 6. The summed E-state index contributed by atoms with van der Waals surface area (Å²) in [5.74, 6) is 5.21. The van der Waals surface area contributed by atoms with Crippen molar-refractivity contribution in [1.29, 1.82) is 0 Å². The Bertz CT molecular complexity index is 5210. The summed E-state index contributed by atoms with van der Waals surface area (Å²) in [5, 5.41) is 4.70. The molecule has 22 nitrogen and oxygen atoms in total. The van der Waals surface area contributed by atoms with Crippen molar-refractivity contribution in [2.75, 3.05) is 101 Å². The van der Waals surface area contributed by atoms with Crippen molar-refractivity contribution in [1.82, 2.24) is 33.3 Å². The largest absolute Gasteiger partial charge is 0.491 e. The van der Waals surface area contributed by atoms with Crippen molar-refractivity contribution >= 4 is 102 Å². The molecule has 7 fully saturated rings. The van der Waals surface area contributed by atoms with Gasteiger partial charge in [-0.05, 0) is 248 Å². The summed E-state index contributed by atoms with van der Waals surface area (Å²) in [6, 6.07) is 40.0. The Morgan fingerprint density at radius 3 is 1.07 bits per heavy atom. The average molecular weight is 1750 g/mol. The number of piperidine rings is 4. The summed E-state index contributed by atoms with van der Waals surface area (Å²) in [7, 11) is 0. The first-order valence-corrected chi connectivity index (χ1v) is 47.0. The monoisotopic (exact) mass is 1750 g/mol. The van der Waals surface area contributed by atoms with Crippen LogP contribution in [-0.4, -0.2) is 166 Å². The molecule has 658 valence electrons. The Morgan fingerprint density at radius 1 is 0.379 bits per heavy atom. The number of ether oxygens (including phenoxy) is 3. The van der Waals surface area contributed by atoms with Crippen molar-refractivity contribution in [2.24, 2.45) is 0 Å². The molecule has 19 rings (SSSR count). The molecule has 10 aliphatic rings. The molecule has 0 radical (unpaired) electrons. The summed E-state index contributed by atoms with van der Waals surface area (Å²) in [6.07, 6.45) is 35.3. The molecule has 3 saturated carbocycles. The van der Waals surface area contributed by atoms with E-state index in [0.29, 0.717) is 55.2 Å². The molecule has 6 aromatic carbocycles. The first kappa shape index (κ1) is 91.1. The molecule has 3 aliphatic carbocycles. The molecule has 3 aromatic heterocycles. The van der Waals surface area contributed by atoms with Crippen LogP contribution in [0.3, 0.4) is 0 Å². The highest BCUT2D eigenvalue weighted by Gasteiger charge is 2.36. The van der Waals surface area contributed by atoms with Crippen molar-refractivity contribution in [3.63, 3.8) is 0 Å². The number of rotatable bonds is 12. The number of alkyl halides is 1. The number of anilines is 2. The fourth-order valence-electron chi connectivity index (χ4n) is 21.1. The molecule has 10 heterocycles. The number of nitrogens with two attached hydrogens (primary N) is 1. The summed E-state index contributed by atoms with van der Waals surface area (Å²) in [4.78, 5) is 110. The highest BCUT2D eigenvalue weighted by Crippen LogP contribution is 2.53. The Kier molecular flexibility index (Phi) is 33.0. The number of aryl methyl sites for hydroxylation is 4. The maximum Gasteiger partial charge on any atom is 0.373 e. The molecule has 4 saturated heterocycles. The first-order valence-electron chi connectivity index (χ1n) is 45.9. The second-order valence-corrected chi connectivity index (χ2v) is 35.6. The Morgan fingerprint density at radius 2 is 0.694 bits per heavy atom. The van der Waals surface area contributed by atoms with Gasteiger partial charge in [0.1, 0.15) is 25.6 Å². The number of para-hydroxylation sites is 3. The number of carbonyl (C=O) groups is 4. The predicted molar refractivity (Wildman–Crippen MR) is 486 cm³/mol. The zero-order chi connectivity index (χ0) is 87.0. The number of hydrogen-bond donors (Lipinski definition) is 1. The smallest absolute Gasteiger partial charge is 0.373 e. The van der Waals surface area contributed by atoms with Gasteiger partial charge in [0.15, 0.2) is 11.5 Å². The van der Waals surface area contributed by atoms with E-state index in [1.807, 2.05) is 25.7 Å². The minimum Gasteiger partial charge on any atom is -0.491 e. The zero-order valence-electron chi connectivity index (χ0n) is 73.0. The molecule has 9 aromatic rings. The quantitative estimate of drug-likeness (QED) is 0.0881. The number of fused-ring (bicyclic) bond motifs is 15. The molecule has 7 aliphatic heterocycles. The van der Waals surface area contributed by atoms with E-state index in [0.717, 1.165) is 157 Å². The summed E-state index contributed by atoms with van der Waals surface area (Å²) in [6.45, 7) is 18.3. The van der Waals surface area contributed by atoms with Crippen molar-refractivity contribution in [3.05, 3.63) is 148 Å². The number of halogens is 1. The maximum atomic E-state index is 13.7. The minimum absolute atomic E-state index is 0.106. The molecule has 124 heavy (non-hydrogen) atoms. The van der Waals surface area contributed by atoms with E-state index in [1.54, 1.807) is 0 Å². The average Bonchev–Trinajstić information content (AvgIpc) is 1.59. The van der Waals surface area contributed by atoms with Gasteiger partial charge in [0.05, 0.1) is 66.5 Å². The van der Waals surface area contributed by atoms with Gasteiger partial charge in [-0.2, -0.15) is 28.8 Å². The van der Waals surface area contributed by atoms with Crippen LogP contribution in [0.2, 0.25) is 0 Å². The van der Waals surface area contributed by atoms with Crippen LogP contribution in [0, 0.1) is 20.8 Å². The van der Waals surface area contributed by atoms with Crippen LogP contribution in [0.15, 0.2) is 109 Å². The first-order chi connectivity index (χ1) is 60.6. The van der Waals surface area contributed by atoms with Crippen molar-refractivity contribution < 1.29 is 62.2 Å².